The van der Waals surface area contributed by atoms with Gasteiger partial charge < -0.3 is 5.11 Å². The second kappa shape index (κ2) is 4.47. The third-order valence-electron chi connectivity index (χ3n) is 2.91. The molecule has 0 saturated heterocycles. The van der Waals surface area contributed by atoms with E-state index >= 15 is 0 Å². The summed E-state index contributed by atoms with van der Waals surface area (Å²) in [5, 5.41) is 11.0. The van der Waals surface area contributed by atoms with Crippen LogP contribution in [0.15, 0.2) is 12.4 Å². The first-order valence-electron chi connectivity index (χ1n) is 5.52. The second-order valence-electron chi connectivity index (χ2n) is 4.10. The van der Waals surface area contributed by atoms with Crippen molar-refractivity contribution in [2.75, 3.05) is 0 Å². The van der Waals surface area contributed by atoms with Gasteiger partial charge in [0.05, 0.1) is 11.8 Å². The van der Waals surface area contributed by atoms with Crippen molar-refractivity contribution in [1.29, 1.82) is 0 Å². The number of rotatable bonds is 3. The molecule has 0 saturated carbocycles. The summed E-state index contributed by atoms with van der Waals surface area (Å²) in [6.07, 6.45) is 2.00. The van der Waals surface area contributed by atoms with E-state index in [0.29, 0.717) is 0 Å². The third-order valence-corrected chi connectivity index (χ3v) is 3.87. The molecule has 0 bridgehead atoms. The Morgan fingerprint density at radius 2 is 2.19 bits per heavy atom. The predicted molar refractivity (Wildman–Crippen MR) is 66.9 cm³/mol. The quantitative estimate of drug-likeness (QED) is 0.891. The molecule has 0 aliphatic carbocycles. The largest absolute Gasteiger partial charge is 0.392 e. The molecule has 2 aromatic rings. The van der Waals surface area contributed by atoms with Crippen LogP contribution in [0.2, 0.25) is 0 Å². The first-order chi connectivity index (χ1) is 7.63. The van der Waals surface area contributed by atoms with E-state index in [-0.39, 0.29) is 12.0 Å². The summed E-state index contributed by atoms with van der Waals surface area (Å²) in [5.41, 5.74) is 0.962. The Labute approximate surface area is 99.2 Å². The molecular formula is C12H16N2OS. The van der Waals surface area contributed by atoms with E-state index < -0.39 is 0 Å². The summed E-state index contributed by atoms with van der Waals surface area (Å²) < 4.78 is 0. The van der Waals surface area contributed by atoms with Crippen molar-refractivity contribution in [2.45, 2.75) is 39.2 Å². The van der Waals surface area contributed by atoms with Gasteiger partial charge in [-0.25, -0.2) is 9.97 Å². The van der Waals surface area contributed by atoms with Crippen LogP contribution in [0.5, 0.6) is 0 Å². The average Bonchev–Trinajstić information content (AvgIpc) is 2.66. The van der Waals surface area contributed by atoms with Gasteiger partial charge in [0.1, 0.15) is 11.2 Å². The van der Waals surface area contributed by atoms with Crippen molar-refractivity contribution in [3.63, 3.8) is 0 Å². The standard InChI is InChI=1S/C12H16N2OS/c1-4-10(15)8(3)11-9-5-7(2)16-12(9)14-6-13-11/h5-6,8,10,15H,4H2,1-3H3. The molecule has 2 aromatic heterocycles. The highest BCUT2D eigenvalue weighted by molar-refractivity contribution is 7.18. The molecule has 1 N–H and O–H groups in total. The van der Waals surface area contributed by atoms with E-state index in [1.165, 1.54) is 4.88 Å². The van der Waals surface area contributed by atoms with E-state index in [2.05, 4.69) is 23.0 Å². The topological polar surface area (TPSA) is 46.0 Å². The summed E-state index contributed by atoms with van der Waals surface area (Å²) in [6.45, 7) is 6.07. The number of aromatic nitrogens is 2. The van der Waals surface area contributed by atoms with Gasteiger partial charge in [-0.3, -0.25) is 0 Å². The minimum Gasteiger partial charge on any atom is -0.392 e. The third kappa shape index (κ3) is 1.95. The van der Waals surface area contributed by atoms with Gasteiger partial charge in [0.25, 0.3) is 0 Å². The molecule has 0 aliphatic rings. The molecule has 86 valence electrons. The predicted octanol–water partition coefficient (Wildman–Crippen LogP) is 2.87. The molecule has 0 radical (unpaired) electrons. The fraction of sp³-hybridized carbons (Fsp3) is 0.500. The maximum absolute atomic E-state index is 9.89. The lowest BCUT2D eigenvalue weighted by Gasteiger charge is -2.16. The molecule has 0 spiro atoms. The number of nitrogens with zero attached hydrogens (tertiary/aromatic N) is 2. The van der Waals surface area contributed by atoms with Gasteiger partial charge >= 0.3 is 0 Å². The highest BCUT2D eigenvalue weighted by atomic mass is 32.1. The molecule has 2 heterocycles. The Morgan fingerprint density at radius 1 is 1.44 bits per heavy atom. The summed E-state index contributed by atoms with van der Waals surface area (Å²) >= 11 is 1.67. The second-order valence-corrected chi connectivity index (χ2v) is 5.33. The van der Waals surface area contributed by atoms with E-state index in [1.807, 2.05) is 13.8 Å². The Balaban J connectivity index is 2.51. The van der Waals surface area contributed by atoms with Crippen molar-refractivity contribution in [3.8, 4) is 0 Å². The summed E-state index contributed by atoms with van der Waals surface area (Å²) in [7, 11) is 0. The summed E-state index contributed by atoms with van der Waals surface area (Å²) in [6, 6.07) is 2.11. The zero-order valence-corrected chi connectivity index (χ0v) is 10.6. The molecule has 4 heteroatoms. The first kappa shape index (κ1) is 11.5. The lowest BCUT2D eigenvalue weighted by atomic mass is 9.97. The molecule has 2 rings (SSSR count). The number of hydrogen-bond donors (Lipinski definition) is 1. The lowest BCUT2D eigenvalue weighted by molar-refractivity contribution is 0.144. The smallest absolute Gasteiger partial charge is 0.127 e. The molecular weight excluding hydrogens is 220 g/mol. The van der Waals surface area contributed by atoms with Crippen LogP contribution >= 0.6 is 11.3 Å². The lowest BCUT2D eigenvalue weighted by Crippen LogP contribution is -2.15. The number of aryl methyl sites for hydroxylation is 1. The van der Waals surface area contributed by atoms with E-state index in [9.17, 15) is 5.11 Å². The number of aliphatic hydroxyl groups excluding tert-OH is 1. The van der Waals surface area contributed by atoms with Crippen molar-refractivity contribution < 1.29 is 5.11 Å². The zero-order valence-electron chi connectivity index (χ0n) is 9.77. The molecule has 0 fully saturated rings. The van der Waals surface area contributed by atoms with Crippen LogP contribution in [0.4, 0.5) is 0 Å². The molecule has 0 aromatic carbocycles. The van der Waals surface area contributed by atoms with Crippen LogP contribution in [-0.2, 0) is 0 Å². The maximum atomic E-state index is 9.89. The highest BCUT2D eigenvalue weighted by Crippen LogP contribution is 2.30. The molecule has 3 nitrogen and oxygen atoms in total. The highest BCUT2D eigenvalue weighted by Gasteiger charge is 2.19. The van der Waals surface area contributed by atoms with Gasteiger partial charge in [-0.15, -0.1) is 11.3 Å². The van der Waals surface area contributed by atoms with E-state index in [1.54, 1.807) is 17.7 Å². The summed E-state index contributed by atoms with van der Waals surface area (Å²) in [4.78, 5) is 10.8. The minimum atomic E-state index is -0.335. The van der Waals surface area contributed by atoms with Gasteiger partial charge in [-0.05, 0) is 19.4 Å². The van der Waals surface area contributed by atoms with Crippen LogP contribution in [0, 0.1) is 6.92 Å². The first-order valence-corrected chi connectivity index (χ1v) is 6.34. The Hall–Kier alpha value is -1.00. The van der Waals surface area contributed by atoms with Crippen LogP contribution in [0.25, 0.3) is 10.2 Å². The van der Waals surface area contributed by atoms with Gasteiger partial charge in [0.15, 0.2) is 0 Å². The van der Waals surface area contributed by atoms with Crippen LogP contribution in [0.3, 0.4) is 0 Å². The normalized spacial score (nSPS) is 15.2. The minimum absolute atomic E-state index is 0.0597. The Morgan fingerprint density at radius 3 is 2.88 bits per heavy atom. The van der Waals surface area contributed by atoms with Crippen molar-refractivity contribution in [1.82, 2.24) is 9.97 Å². The molecule has 0 amide bonds. The van der Waals surface area contributed by atoms with Gasteiger partial charge in [0, 0.05) is 16.2 Å². The van der Waals surface area contributed by atoms with Crippen LogP contribution in [0.1, 0.15) is 36.8 Å². The Bertz CT molecular complexity index is 495. The van der Waals surface area contributed by atoms with E-state index in [4.69, 9.17) is 0 Å². The van der Waals surface area contributed by atoms with E-state index in [0.717, 1.165) is 22.3 Å². The Kier molecular flexibility index (Phi) is 3.21. The zero-order chi connectivity index (χ0) is 11.7. The number of hydrogen-bond acceptors (Lipinski definition) is 4. The van der Waals surface area contributed by atoms with Crippen LogP contribution in [-0.4, -0.2) is 21.2 Å². The monoisotopic (exact) mass is 236 g/mol. The number of thiophene rings is 1. The number of fused-ring (bicyclic) bond motifs is 1. The molecule has 2 atom stereocenters. The molecule has 0 aliphatic heterocycles. The molecule has 2 unspecified atom stereocenters. The fourth-order valence-corrected chi connectivity index (χ4v) is 2.75. The van der Waals surface area contributed by atoms with Crippen molar-refractivity contribution in [3.05, 3.63) is 23.0 Å². The summed E-state index contributed by atoms with van der Waals surface area (Å²) in [5.74, 6) is 0.0597. The van der Waals surface area contributed by atoms with Crippen molar-refractivity contribution >= 4 is 21.6 Å². The molecule has 16 heavy (non-hydrogen) atoms. The van der Waals surface area contributed by atoms with Gasteiger partial charge in [0.2, 0.25) is 0 Å². The van der Waals surface area contributed by atoms with Gasteiger partial charge in [-0.1, -0.05) is 13.8 Å². The SMILES string of the molecule is CCC(O)C(C)c1ncnc2sc(C)cc12. The average molecular weight is 236 g/mol. The van der Waals surface area contributed by atoms with Crippen LogP contribution < -0.4 is 0 Å². The number of aliphatic hydroxyl groups is 1. The van der Waals surface area contributed by atoms with Gasteiger partial charge in [-0.2, -0.15) is 0 Å². The van der Waals surface area contributed by atoms with Crippen molar-refractivity contribution in [2.24, 2.45) is 0 Å². The fourth-order valence-electron chi connectivity index (χ4n) is 1.89. The maximum Gasteiger partial charge on any atom is 0.127 e.